The molecule has 1 unspecified atom stereocenters. The van der Waals surface area contributed by atoms with Crippen molar-refractivity contribution in [1.29, 1.82) is 0 Å². The lowest BCUT2D eigenvalue weighted by atomic mass is 10.1. The first-order chi connectivity index (χ1) is 5.20. The largest absolute Gasteiger partial charge is 0.387 e. The van der Waals surface area contributed by atoms with Crippen molar-refractivity contribution >= 4 is 5.84 Å². The summed E-state index contributed by atoms with van der Waals surface area (Å²) in [5, 5.41) is 0. The molecule has 2 heteroatoms. The monoisotopic (exact) mass is 156 g/mol. The summed E-state index contributed by atoms with van der Waals surface area (Å²) in [5.41, 5.74) is 5.60. The third-order valence-electron chi connectivity index (χ3n) is 1.72. The van der Waals surface area contributed by atoms with Crippen LogP contribution >= 0.6 is 0 Å². The third-order valence-corrected chi connectivity index (χ3v) is 1.72. The van der Waals surface area contributed by atoms with Gasteiger partial charge in [-0.25, -0.2) is 0 Å². The van der Waals surface area contributed by atoms with E-state index in [1.54, 1.807) is 0 Å². The van der Waals surface area contributed by atoms with E-state index in [-0.39, 0.29) is 0 Å². The maximum absolute atomic E-state index is 5.60. The van der Waals surface area contributed by atoms with E-state index in [1.807, 2.05) is 6.92 Å². The quantitative estimate of drug-likeness (QED) is 0.481. The number of amidine groups is 1. The molecule has 0 heterocycles. The van der Waals surface area contributed by atoms with Crippen LogP contribution in [0.4, 0.5) is 0 Å². The van der Waals surface area contributed by atoms with Crippen LogP contribution in [-0.2, 0) is 0 Å². The summed E-state index contributed by atoms with van der Waals surface area (Å²) < 4.78 is 0. The summed E-state index contributed by atoms with van der Waals surface area (Å²) in [6, 6.07) is 0.412. The van der Waals surface area contributed by atoms with E-state index in [1.165, 1.54) is 12.8 Å². The predicted molar refractivity (Wildman–Crippen MR) is 50.9 cm³/mol. The van der Waals surface area contributed by atoms with Gasteiger partial charge in [0.15, 0.2) is 0 Å². The maximum Gasteiger partial charge on any atom is 0.0937 e. The van der Waals surface area contributed by atoms with Crippen LogP contribution in [0.15, 0.2) is 4.99 Å². The van der Waals surface area contributed by atoms with Gasteiger partial charge in [-0.15, -0.1) is 0 Å². The van der Waals surface area contributed by atoms with Crippen molar-refractivity contribution in [2.75, 3.05) is 0 Å². The molecule has 0 aromatic rings. The standard InChI is InChI=1S/C9H20N2/c1-4-6-7-8(3)11-9(10)5-2/h8H,4-7H2,1-3H3,(H2,10,11). The Morgan fingerprint density at radius 3 is 2.55 bits per heavy atom. The Balaban J connectivity index is 3.57. The number of nitrogens with two attached hydrogens (primary N) is 1. The van der Waals surface area contributed by atoms with Crippen molar-refractivity contribution < 1.29 is 0 Å². The van der Waals surface area contributed by atoms with Crippen molar-refractivity contribution in [2.45, 2.75) is 52.5 Å². The molecule has 1 atom stereocenters. The van der Waals surface area contributed by atoms with Crippen LogP contribution < -0.4 is 5.73 Å². The van der Waals surface area contributed by atoms with Gasteiger partial charge in [0.2, 0.25) is 0 Å². The van der Waals surface area contributed by atoms with Crippen LogP contribution in [0.3, 0.4) is 0 Å². The molecular formula is C9H20N2. The smallest absolute Gasteiger partial charge is 0.0937 e. The molecule has 0 amide bonds. The molecule has 0 saturated carbocycles. The molecule has 0 aromatic carbocycles. The molecule has 2 N–H and O–H groups in total. The van der Waals surface area contributed by atoms with E-state index >= 15 is 0 Å². The van der Waals surface area contributed by atoms with Gasteiger partial charge >= 0.3 is 0 Å². The summed E-state index contributed by atoms with van der Waals surface area (Å²) in [5.74, 6) is 0.786. The average Bonchev–Trinajstić information content (AvgIpc) is 2.00. The van der Waals surface area contributed by atoms with Crippen LogP contribution in [0.25, 0.3) is 0 Å². The normalized spacial score (nSPS) is 15.0. The minimum Gasteiger partial charge on any atom is -0.387 e. The predicted octanol–water partition coefficient (Wildman–Crippen LogP) is 2.33. The van der Waals surface area contributed by atoms with Gasteiger partial charge in [-0.3, -0.25) is 4.99 Å². The highest BCUT2D eigenvalue weighted by molar-refractivity contribution is 5.80. The molecule has 0 aliphatic carbocycles. The Kier molecular flexibility index (Phi) is 5.90. The number of hydrogen-bond acceptors (Lipinski definition) is 1. The highest BCUT2D eigenvalue weighted by atomic mass is 14.9. The topological polar surface area (TPSA) is 38.4 Å². The Labute approximate surface area is 69.9 Å². The summed E-state index contributed by atoms with van der Waals surface area (Å²) in [7, 11) is 0. The van der Waals surface area contributed by atoms with E-state index in [9.17, 15) is 0 Å². The number of nitrogens with zero attached hydrogens (tertiary/aromatic N) is 1. The lowest BCUT2D eigenvalue weighted by molar-refractivity contribution is 0.616. The van der Waals surface area contributed by atoms with Crippen molar-refractivity contribution in [3.8, 4) is 0 Å². The van der Waals surface area contributed by atoms with E-state index in [2.05, 4.69) is 18.8 Å². The molecule has 0 rings (SSSR count). The van der Waals surface area contributed by atoms with Crippen LogP contribution in [0, 0.1) is 0 Å². The fraction of sp³-hybridized carbons (Fsp3) is 0.889. The van der Waals surface area contributed by atoms with Gasteiger partial charge in [-0.2, -0.15) is 0 Å². The molecule has 0 fully saturated rings. The zero-order valence-corrected chi connectivity index (χ0v) is 7.93. The van der Waals surface area contributed by atoms with E-state index < -0.39 is 0 Å². The van der Waals surface area contributed by atoms with Crippen molar-refractivity contribution in [1.82, 2.24) is 0 Å². The van der Waals surface area contributed by atoms with Crippen LogP contribution in [0.2, 0.25) is 0 Å². The Bertz CT molecular complexity index is 119. The van der Waals surface area contributed by atoms with Gasteiger partial charge in [0.1, 0.15) is 0 Å². The van der Waals surface area contributed by atoms with Gasteiger partial charge in [-0.1, -0.05) is 26.7 Å². The maximum atomic E-state index is 5.60. The fourth-order valence-electron chi connectivity index (χ4n) is 0.938. The van der Waals surface area contributed by atoms with E-state index in [0.717, 1.165) is 18.7 Å². The first-order valence-electron chi connectivity index (χ1n) is 4.52. The fourth-order valence-corrected chi connectivity index (χ4v) is 0.938. The number of aliphatic imine (C=N–C) groups is 1. The minimum absolute atomic E-state index is 0.412. The summed E-state index contributed by atoms with van der Waals surface area (Å²) in [6.45, 7) is 6.35. The molecular weight excluding hydrogens is 136 g/mol. The van der Waals surface area contributed by atoms with Gasteiger partial charge in [0.25, 0.3) is 0 Å². The van der Waals surface area contributed by atoms with Crippen molar-refractivity contribution in [3.63, 3.8) is 0 Å². The zero-order chi connectivity index (χ0) is 8.69. The molecule has 11 heavy (non-hydrogen) atoms. The second kappa shape index (κ2) is 6.20. The second-order valence-corrected chi connectivity index (χ2v) is 2.97. The summed E-state index contributed by atoms with van der Waals surface area (Å²) in [4.78, 5) is 4.33. The minimum atomic E-state index is 0.412. The first-order valence-corrected chi connectivity index (χ1v) is 4.52. The number of unbranched alkanes of at least 4 members (excludes halogenated alkanes) is 1. The van der Waals surface area contributed by atoms with Crippen LogP contribution in [0.5, 0.6) is 0 Å². The average molecular weight is 156 g/mol. The molecule has 2 nitrogen and oxygen atoms in total. The molecule has 0 bridgehead atoms. The first kappa shape index (κ1) is 10.5. The van der Waals surface area contributed by atoms with Crippen LogP contribution in [0.1, 0.15) is 46.5 Å². The molecule has 0 spiro atoms. The van der Waals surface area contributed by atoms with Crippen LogP contribution in [-0.4, -0.2) is 11.9 Å². The van der Waals surface area contributed by atoms with Gasteiger partial charge in [0.05, 0.1) is 5.84 Å². The Morgan fingerprint density at radius 2 is 2.09 bits per heavy atom. The SMILES string of the molecule is CCCCC(C)N=C(N)CC. The van der Waals surface area contributed by atoms with Gasteiger partial charge in [-0.05, 0) is 13.3 Å². The molecule has 0 aliphatic heterocycles. The van der Waals surface area contributed by atoms with Gasteiger partial charge in [0, 0.05) is 12.5 Å². The molecule has 0 aromatic heterocycles. The summed E-state index contributed by atoms with van der Waals surface area (Å²) in [6.07, 6.45) is 4.53. The van der Waals surface area contributed by atoms with E-state index in [4.69, 9.17) is 5.73 Å². The molecule has 0 radical (unpaired) electrons. The third kappa shape index (κ3) is 5.89. The van der Waals surface area contributed by atoms with Crippen molar-refractivity contribution in [3.05, 3.63) is 0 Å². The highest BCUT2D eigenvalue weighted by Gasteiger charge is 1.97. The van der Waals surface area contributed by atoms with Gasteiger partial charge < -0.3 is 5.73 Å². The lowest BCUT2D eigenvalue weighted by Gasteiger charge is -2.05. The summed E-state index contributed by atoms with van der Waals surface area (Å²) >= 11 is 0. The Hall–Kier alpha value is -0.530. The number of rotatable bonds is 5. The zero-order valence-electron chi connectivity index (χ0n) is 7.93. The van der Waals surface area contributed by atoms with E-state index in [0.29, 0.717) is 6.04 Å². The Morgan fingerprint density at radius 1 is 1.45 bits per heavy atom. The molecule has 0 aliphatic rings. The molecule has 0 saturated heterocycles. The van der Waals surface area contributed by atoms with Crippen molar-refractivity contribution in [2.24, 2.45) is 10.7 Å². The molecule has 66 valence electrons. The second-order valence-electron chi connectivity index (χ2n) is 2.97. The lowest BCUT2D eigenvalue weighted by Crippen LogP contribution is -2.13. The highest BCUT2D eigenvalue weighted by Crippen LogP contribution is 2.03. The number of hydrogen-bond donors (Lipinski definition) is 1.